The number of carbonyl (C=O) groups excluding carboxylic acids is 1. The fraction of sp³-hybridized carbons (Fsp3) is 0.522. The van der Waals surface area contributed by atoms with Gasteiger partial charge in [0.2, 0.25) is 0 Å². The van der Waals surface area contributed by atoms with Gasteiger partial charge in [-0.2, -0.15) is 0 Å². The average Bonchev–Trinajstić information content (AvgIpc) is 3.47. The maximum atomic E-state index is 13.0. The molecule has 2 heterocycles. The van der Waals surface area contributed by atoms with Crippen LogP contribution in [0, 0.1) is 0 Å². The van der Waals surface area contributed by atoms with E-state index in [1.54, 1.807) is 7.11 Å². The molecule has 1 amide bonds. The summed E-state index contributed by atoms with van der Waals surface area (Å²) >= 11 is 1.82. The maximum Gasteiger partial charge on any atom is 0.254 e. The summed E-state index contributed by atoms with van der Waals surface area (Å²) < 4.78 is 11.6. The van der Waals surface area contributed by atoms with Crippen LogP contribution in [0.15, 0.2) is 35.7 Å². The highest BCUT2D eigenvalue weighted by atomic mass is 32.1. The highest BCUT2D eigenvalue weighted by Crippen LogP contribution is 2.32. The van der Waals surface area contributed by atoms with Gasteiger partial charge in [0.05, 0.1) is 13.2 Å². The number of piperazine rings is 1. The molecule has 1 aromatic carbocycles. The van der Waals surface area contributed by atoms with Crippen molar-refractivity contribution in [1.82, 2.24) is 9.80 Å². The number of carbonyl (C=O) groups is 1. The van der Waals surface area contributed by atoms with E-state index in [9.17, 15) is 4.79 Å². The highest BCUT2D eigenvalue weighted by molar-refractivity contribution is 7.09. The van der Waals surface area contributed by atoms with Crippen LogP contribution in [0.2, 0.25) is 0 Å². The Morgan fingerprint density at radius 1 is 1.10 bits per heavy atom. The van der Waals surface area contributed by atoms with Gasteiger partial charge in [-0.15, -0.1) is 11.3 Å². The third-order valence-electron chi connectivity index (χ3n) is 5.92. The first-order valence-electron chi connectivity index (χ1n) is 10.6. The van der Waals surface area contributed by atoms with Crippen LogP contribution in [0.3, 0.4) is 0 Å². The molecule has 156 valence electrons. The van der Waals surface area contributed by atoms with Crippen molar-refractivity contribution in [1.29, 1.82) is 0 Å². The number of nitrogens with zero attached hydrogens (tertiary/aromatic N) is 2. The average molecular weight is 415 g/mol. The lowest BCUT2D eigenvalue weighted by atomic mass is 10.1. The fourth-order valence-electron chi connectivity index (χ4n) is 4.16. The van der Waals surface area contributed by atoms with Crippen molar-refractivity contribution in [3.05, 3.63) is 46.2 Å². The molecule has 0 radical (unpaired) electrons. The summed E-state index contributed by atoms with van der Waals surface area (Å²) in [7, 11) is 1.64. The van der Waals surface area contributed by atoms with Crippen molar-refractivity contribution in [2.45, 2.75) is 38.2 Å². The summed E-state index contributed by atoms with van der Waals surface area (Å²) in [5.41, 5.74) is 0.674. The van der Waals surface area contributed by atoms with Crippen molar-refractivity contribution in [3.8, 4) is 11.5 Å². The van der Waals surface area contributed by atoms with Crippen LogP contribution in [0.25, 0.3) is 0 Å². The minimum Gasteiger partial charge on any atom is -0.493 e. The number of amides is 1. The molecule has 0 spiro atoms. The van der Waals surface area contributed by atoms with Crippen LogP contribution in [0.1, 0.15) is 40.9 Å². The summed E-state index contributed by atoms with van der Waals surface area (Å²) in [5.74, 6) is 1.47. The van der Waals surface area contributed by atoms with E-state index in [0.29, 0.717) is 11.3 Å². The summed E-state index contributed by atoms with van der Waals surface area (Å²) in [4.78, 5) is 18.8. The van der Waals surface area contributed by atoms with Crippen LogP contribution >= 0.6 is 11.3 Å². The molecule has 2 aromatic rings. The molecular weight excluding hydrogens is 384 g/mol. The molecule has 0 bridgehead atoms. The van der Waals surface area contributed by atoms with Crippen molar-refractivity contribution in [3.63, 3.8) is 0 Å². The Balaban J connectivity index is 1.32. The van der Waals surface area contributed by atoms with Crippen molar-refractivity contribution < 1.29 is 14.3 Å². The topological polar surface area (TPSA) is 42.0 Å². The number of benzene rings is 1. The molecule has 0 N–H and O–H groups in total. The molecule has 1 aliphatic carbocycles. The van der Waals surface area contributed by atoms with E-state index in [4.69, 9.17) is 9.47 Å². The number of hydrogen-bond donors (Lipinski definition) is 0. The van der Waals surface area contributed by atoms with Gasteiger partial charge >= 0.3 is 0 Å². The molecule has 4 rings (SSSR count). The monoisotopic (exact) mass is 414 g/mol. The number of ether oxygens (including phenoxy) is 2. The largest absolute Gasteiger partial charge is 0.493 e. The Labute approximate surface area is 177 Å². The predicted molar refractivity (Wildman–Crippen MR) is 116 cm³/mol. The maximum absolute atomic E-state index is 13.0. The first kappa shape index (κ1) is 20.2. The Morgan fingerprint density at radius 3 is 2.59 bits per heavy atom. The summed E-state index contributed by atoms with van der Waals surface area (Å²) in [5, 5.41) is 2.13. The van der Waals surface area contributed by atoms with Crippen molar-refractivity contribution in [2.75, 3.05) is 39.8 Å². The van der Waals surface area contributed by atoms with E-state index in [2.05, 4.69) is 22.4 Å². The molecule has 1 saturated carbocycles. The summed E-state index contributed by atoms with van der Waals surface area (Å²) in [6.07, 6.45) is 6.01. The minimum atomic E-state index is 0.0774. The third kappa shape index (κ3) is 5.11. The Hall–Kier alpha value is -2.05. The molecule has 6 heteroatoms. The highest BCUT2D eigenvalue weighted by Gasteiger charge is 2.24. The van der Waals surface area contributed by atoms with Gasteiger partial charge in [-0.3, -0.25) is 9.69 Å². The lowest BCUT2D eigenvalue weighted by molar-refractivity contribution is 0.0638. The molecule has 2 fully saturated rings. The van der Waals surface area contributed by atoms with E-state index in [-0.39, 0.29) is 12.0 Å². The standard InChI is InChI=1S/C23H30N2O3S/c1-27-22-17-18(8-9-21(22)28-19-5-2-3-6-19)23(26)25-14-12-24(13-15-25)11-10-20-7-4-16-29-20/h4,7-9,16-17,19H,2-3,5-6,10-15H2,1H3. The van der Waals surface area contributed by atoms with Gasteiger partial charge in [0.1, 0.15) is 0 Å². The second-order valence-corrected chi connectivity index (χ2v) is 8.89. The van der Waals surface area contributed by atoms with Crippen molar-refractivity contribution >= 4 is 17.2 Å². The first-order chi connectivity index (χ1) is 14.2. The molecule has 1 saturated heterocycles. The molecule has 1 aliphatic heterocycles. The van der Waals surface area contributed by atoms with Gasteiger partial charge in [-0.25, -0.2) is 0 Å². The molecule has 2 aliphatic rings. The summed E-state index contributed by atoms with van der Waals surface area (Å²) in [6.45, 7) is 4.45. The molecular formula is C23H30N2O3S. The Kier molecular flexibility index (Phi) is 6.72. The zero-order chi connectivity index (χ0) is 20.1. The van der Waals surface area contributed by atoms with Crippen LogP contribution < -0.4 is 9.47 Å². The molecule has 5 nitrogen and oxygen atoms in total. The van der Waals surface area contributed by atoms with Gasteiger partial charge in [-0.05, 0) is 61.7 Å². The zero-order valence-electron chi connectivity index (χ0n) is 17.1. The smallest absolute Gasteiger partial charge is 0.254 e. The second-order valence-electron chi connectivity index (χ2n) is 7.85. The fourth-order valence-corrected chi connectivity index (χ4v) is 4.86. The van der Waals surface area contributed by atoms with Crippen molar-refractivity contribution in [2.24, 2.45) is 0 Å². The number of hydrogen-bond acceptors (Lipinski definition) is 5. The van der Waals surface area contributed by atoms with Crippen LogP contribution in [-0.4, -0.2) is 61.6 Å². The van der Waals surface area contributed by atoms with Gasteiger partial charge in [0, 0.05) is 43.2 Å². The van der Waals surface area contributed by atoms with Gasteiger partial charge in [0.25, 0.3) is 5.91 Å². The predicted octanol–water partition coefficient (Wildman–Crippen LogP) is 4.08. The number of methoxy groups -OCH3 is 1. The molecule has 0 unspecified atom stereocenters. The molecule has 29 heavy (non-hydrogen) atoms. The number of thiophene rings is 1. The number of rotatable bonds is 7. The van der Waals surface area contributed by atoms with Crippen LogP contribution in [0.4, 0.5) is 0 Å². The van der Waals surface area contributed by atoms with Gasteiger partial charge < -0.3 is 14.4 Å². The molecule has 1 aromatic heterocycles. The van der Waals surface area contributed by atoms with E-state index in [1.165, 1.54) is 17.7 Å². The summed E-state index contributed by atoms with van der Waals surface area (Å²) in [6, 6.07) is 9.89. The molecule has 0 atom stereocenters. The second kappa shape index (κ2) is 9.63. The Bertz CT molecular complexity index is 794. The van der Waals surface area contributed by atoms with Crippen LogP contribution in [0.5, 0.6) is 11.5 Å². The van der Waals surface area contributed by atoms with Gasteiger partial charge in [-0.1, -0.05) is 6.07 Å². The first-order valence-corrected chi connectivity index (χ1v) is 11.5. The zero-order valence-corrected chi connectivity index (χ0v) is 18.0. The van der Waals surface area contributed by atoms with Crippen LogP contribution in [-0.2, 0) is 6.42 Å². The van der Waals surface area contributed by atoms with Gasteiger partial charge in [0.15, 0.2) is 11.5 Å². The van der Waals surface area contributed by atoms with E-state index in [0.717, 1.165) is 57.7 Å². The van der Waals surface area contributed by atoms with E-state index in [1.807, 2.05) is 34.4 Å². The third-order valence-corrected chi connectivity index (χ3v) is 6.86. The Morgan fingerprint density at radius 2 is 1.90 bits per heavy atom. The lowest BCUT2D eigenvalue weighted by Gasteiger charge is -2.34. The van der Waals surface area contributed by atoms with E-state index < -0.39 is 0 Å². The quantitative estimate of drug-likeness (QED) is 0.685. The van der Waals surface area contributed by atoms with E-state index >= 15 is 0 Å². The lowest BCUT2D eigenvalue weighted by Crippen LogP contribution is -2.49. The SMILES string of the molecule is COc1cc(C(=O)N2CCN(CCc3cccs3)CC2)ccc1OC1CCCC1. The minimum absolute atomic E-state index is 0.0774. The normalized spacial score (nSPS) is 18.2.